The minimum atomic E-state index is -3.51. The van der Waals surface area contributed by atoms with E-state index in [1.54, 1.807) is 24.3 Å². The topological polar surface area (TPSA) is 86.5 Å². The van der Waals surface area contributed by atoms with E-state index in [0.29, 0.717) is 16.8 Å². The summed E-state index contributed by atoms with van der Waals surface area (Å²) in [5.74, 6) is -0.681. The van der Waals surface area contributed by atoms with Crippen LogP contribution in [-0.2, 0) is 19.4 Å². The zero-order chi connectivity index (χ0) is 13.3. The maximum absolute atomic E-state index is 11.5. The van der Waals surface area contributed by atoms with Crippen LogP contribution >= 0.6 is 0 Å². The van der Waals surface area contributed by atoms with Crippen molar-refractivity contribution in [3.63, 3.8) is 0 Å². The van der Waals surface area contributed by atoms with Gasteiger partial charge in [0.1, 0.15) is 0 Å². The molecular formula is C12H11NO4S. The molecule has 18 heavy (non-hydrogen) atoms. The van der Waals surface area contributed by atoms with Gasteiger partial charge in [-0.25, -0.2) is 13.2 Å². The summed E-state index contributed by atoms with van der Waals surface area (Å²) < 4.78 is 27.6. The second-order valence-electron chi connectivity index (χ2n) is 3.77. The molecule has 0 bridgehead atoms. The van der Waals surface area contributed by atoms with Crippen LogP contribution in [-0.4, -0.2) is 21.5 Å². The van der Waals surface area contributed by atoms with Crippen LogP contribution in [0.25, 0.3) is 5.57 Å². The van der Waals surface area contributed by atoms with E-state index < -0.39 is 15.8 Å². The molecule has 0 fully saturated rings. The maximum Gasteiger partial charge on any atom is 0.339 e. The molecule has 0 radical (unpaired) electrons. The first kappa shape index (κ1) is 12.4. The number of methoxy groups -OCH3 is 1. The lowest BCUT2D eigenvalue weighted by atomic mass is 10.0. The number of esters is 1. The van der Waals surface area contributed by atoms with Crippen LogP contribution in [0.5, 0.6) is 0 Å². The summed E-state index contributed by atoms with van der Waals surface area (Å²) in [6.07, 6.45) is 0. The van der Waals surface area contributed by atoms with Crippen molar-refractivity contribution in [1.82, 2.24) is 0 Å². The Kier molecular flexibility index (Phi) is 2.96. The van der Waals surface area contributed by atoms with Crippen LogP contribution in [0.1, 0.15) is 5.56 Å². The van der Waals surface area contributed by atoms with Gasteiger partial charge in [0, 0.05) is 16.7 Å². The van der Waals surface area contributed by atoms with E-state index in [1.165, 1.54) is 7.11 Å². The lowest BCUT2D eigenvalue weighted by molar-refractivity contribution is -0.135. The predicted octanol–water partition coefficient (Wildman–Crippen LogP) is 1.09. The third-order valence-corrected chi connectivity index (χ3v) is 3.61. The van der Waals surface area contributed by atoms with Gasteiger partial charge in [0.2, 0.25) is 0 Å². The van der Waals surface area contributed by atoms with Crippen molar-refractivity contribution in [3.8, 4) is 0 Å². The fraction of sp³-hybridized carbons (Fsp3) is 0.0833. The fourth-order valence-corrected chi connectivity index (χ4v) is 2.86. The van der Waals surface area contributed by atoms with Gasteiger partial charge in [0.15, 0.2) is 9.84 Å². The molecule has 0 unspecified atom stereocenters. The Morgan fingerprint density at radius 1 is 1.17 bits per heavy atom. The van der Waals surface area contributed by atoms with Crippen molar-refractivity contribution in [2.45, 2.75) is 0 Å². The Bertz CT molecular complexity index is 654. The Labute approximate surface area is 104 Å². The quantitative estimate of drug-likeness (QED) is 0.639. The van der Waals surface area contributed by atoms with Gasteiger partial charge < -0.3 is 10.5 Å². The van der Waals surface area contributed by atoms with E-state index in [4.69, 9.17) is 5.73 Å². The summed E-state index contributed by atoms with van der Waals surface area (Å²) in [6.45, 7) is 0. The molecule has 5 nitrogen and oxygen atoms in total. The molecule has 0 amide bonds. The summed E-state index contributed by atoms with van der Waals surface area (Å²) in [7, 11) is -2.31. The molecule has 0 spiro atoms. The van der Waals surface area contributed by atoms with E-state index in [0.717, 1.165) is 10.8 Å². The van der Waals surface area contributed by atoms with Crippen LogP contribution < -0.4 is 5.73 Å². The molecule has 0 saturated heterocycles. The summed E-state index contributed by atoms with van der Waals surface area (Å²) >= 11 is 0. The van der Waals surface area contributed by atoms with Gasteiger partial charge in [-0.15, -0.1) is 0 Å². The van der Waals surface area contributed by atoms with Crippen LogP contribution in [0.2, 0.25) is 0 Å². The van der Waals surface area contributed by atoms with Crippen molar-refractivity contribution >= 4 is 27.1 Å². The number of hydrogen-bond acceptors (Lipinski definition) is 5. The number of ether oxygens (including phenoxy) is 1. The minimum absolute atomic E-state index is 0.0299. The molecule has 6 heteroatoms. The van der Waals surface area contributed by atoms with Gasteiger partial charge in [0.25, 0.3) is 0 Å². The molecular weight excluding hydrogens is 254 g/mol. The number of anilines is 1. The Morgan fingerprint density at radius 3 is 2.33 bits per heavy atom. The highest BCUT2D eigenvalue weighted by Crippen LogP contribution is 2.32. The van der Waals surface area contributed by atoms with Crippen LogP contribution in [0.4, 0.5) is 5.69 Å². The largest absolute Gasteiger partial charge is 0.465 e. The highest BCUT2D eigenvalue weighted by Gasteiger charge is 2.27. The Morgan fingerprint density at radius 2 is 1.78 bits per heavy atom. The summed E-state index contributed by atoms with van der Waals surface area (Å²) in [4.78, 5) is 11.5. The smallest absolute Gasteiger partial charge is 0.339 e. The van der Waals surface area contributed by atoms with Crippen LogP contribution in [0, 0.1) is 0 Å². The molecule has 0 saturated carbocycles. The standard InChI is InChI=1S/C12H11NO4S/c1-17-12(14)11-7-18(15,16)6-10(11)8-2-4-9(13)5-3-8/h2-7H,13H2,1H3. The van der Waals surface area contributed by atoms with Crippen LogP contribution in [0.3, 0.4) is 0 Å². The number of sulfone groups is 1. The number of carbonyl (C=O) groups is 1. The molecule has 1 aromatic carbocycles. The molecule has 1 aliphatic heterocycles. The summed E-state index contributed by atoms with van der Waals surface area (Å²) in [5.41, 5.74) is 7.06. The van der Waals surface area contributed by atoms with Gasteiger partial charge in [-0.05, 0) is 17.7 Å². The lowest BCUT2D eigenvalue weighted by Gasteiger charge is -2.06. The molecule has 94 valence electrons. The number of hydrogen-bond donors (Lipinski definition) is 1. The molecule has 1 aliphatic rings. The highest BCUT2D eigenvalue weighted by atomic mass is 32.2. The van der Waals surface area contributed by atoms with E-state index >= 15 is 0 Å². The first-order chi connectivity index (χ1) is 8.43. The fourth-order valence-electron chi connectivity index (χ4n) is 1.64. The zero-order valence-corrected chi connectivity index (χ0v) is 10.4. The van der Waals surface area contributed by atoms with Gasteiger partial charge in [-0.1, -0.05) is 12.1 Å². The average Bonchev–Trinajstić information content (AvgIpc) is 2.65. The first-order valence-electron chi connectivity index (χ1n) is 5.06. The van der Waals surface area contributed by atoms with Crippen molar-refractivity contribution in [1.29, 1.82) is 0 Å². The van der Waals surface area contributed by atoms with Crippen molar-refractivity contribution in [2.75, 3.05) is 12.8 Å². The normalized spacial score (nSPS) is 16.9. The first-order valence-corrected chi connectivity index (χ1v) is 6.67. The van der Waals surface area contributed by atoms with E-state index in [-0.39, 0.29) is 5.57 Å². The third-order valence-electron chi connectivity index (χ3n) is 2.48. The zero-order valence-electron chi connectivity index (χ0n) is 9.58. The summed E-state index contributed by atoms with van der Waals surface area (Å²) in [5, 5.41) is 1.95. The van der Waals surface area contributed by atoms with Gasteiger partial charge in [0.05, 0.1) is 18.1 Å². The van der Waals surface area contributed by atoms with Gasteiger partial charge in [-0.3, -0.25) is 0 Å². The number of nitrogens with two attached hydrogens (primary N) is 1. The Balaban J connectivity index is 2.53. The van der Waals surface area contributed by atoms with Crippen molar-refractivity contribution in [2.24, 2.45) is 0 Å². The monoisotopic (exact) mass is 265 g/mol. The van der Waals surface area contributed by atoms with Crippen molar-refractivity contribution in [3.05, 3.63) is 46.2 Å². The third kappa shape index (κ3) is 2.28. The second-order valence-corrected chi connectivity index (χ2v) is 5.42. The number of carbonyl (C=O) groups excluding carboxylic acids is 1. The van der Waals surface area contributed by atoms with E-state index in [9.17, 15) is 13.2 Å². The lowest BCUT2D eigenvalue weighted by Crippen LogP contribution is -2.05. The molecule has 1 heterocycles. The number of benzene rings is 1. The SMILES string of the molecule is COC(=O)C1=CS(=O)(=O)C=C1c1ccc(N)cc1. The molecule has 0 aromatic heterocycles. The number of rotatable bonds is 2. The van der Waals surface area contributed by atoms with Gasteiger partial charge >= 0.3 is 5.97 Å². The molecule has 2 N–H and O–H groups in total. The van der Waals surface area contributed by atoms with Gasteiger partial charge in [-0.2, -0.15) is 0 Å². The van der Waals surface area contributed by atoms with Crippen molar-refractivity contribution < 1.29 is 17.9 Å². The molecule has 0 atom stereocenters. The predicted molar refractivity (Wildman–Crippen MR) is 67.9 cm³/mol. The van der Waals surface area contributed by atoms with Crippen LogP contribution in [0.15, 0.2) is 40.7 Å². The molecule has 0 aliphatic carbocycles. The Hall–Kier alpha value is -2.08. The molecule has 2 rings (SSSR count). The average molecular weight is 265 g/mol. The second kappa shape index (κ2) is 4.30. The van der Waals surface area contributed by atoms with E-state index in [1.807, 2.05) is 0 Å². The highest BCUT2D eigenvalue weighted by molar-refractivity contribution is 7.97. The molecule has 1 aromatic rings. The minimum Gasteiger partial charge on any atom is -0.465 e. The number of nitrogen functional groups attached to an aromatic ring is 1. The maximum atomic E-state index is 11.5. The van der Waals surface area contributed by atoms with E-state index in [2.05, 4.69) is 4.74 Å². The summed E-state index contributed by atoms with van der Waals surface area (Å²) in [6, 6.07) is 6.57.